The molecule has 0 aliphatic carbocycles. The Morgan fingerprint density at radius 2 is 1.74 bits per heavy atom. The summed E-state index contributed by atoms with van der Waals surface area (Å²) in [7, 11) is 0. The van der Waals surface area contributed by atoms with Crippen molar-refractivity contribution in [3.8, 4) is 0 Å². The molecule has 0 spiro atoms. The third kappa shape index (κ3) is 4.72. The Balaban J connectivity index is 2.18. The van der Waals surface area contributed by atoms with E-state index in [1.807, 2.05) is 12.1 Å². The lowest BCUT2D eigenvalue weighted by Gasteiger charge is -2.15. The zero-order valence-corrected chi connectivity index (χ0v) is 13.9. The molecule has 0 heterocycles. The van der Waals surface area contributed by atoms with E-state index in [0.29, 0.717) is 6.07 Å². The van der Waals surface area contributed by atoms with Crippen LogP contribution in [-0.2, 0) is 11.2 Å². The molecule has 0 aliphatic heterocycles. The highest BCUT2D eigenvalue weighted by Crippen LogP contribution is 2.14. The molecule has 2 N–H and O–H groups in total. The lowest BCUT2D eigenvalue weighted by molar-refractivity contribution is -0.139. The normalized spacial score (nSPS) is 11.8. The number of carboxylic acid groups (broad SMARTS) is 1. The average Bonchev–Trinajstić information content (AvgIpc) is 2.47. The molecule has 0 aromatic heterocycles. The van der Waals surface area contributed by atoms with Gasteiger partial charge in [-0.2, -0.15) is 0 Å². The number of rotatable bonds is 5. The Morgan fingerprint density at radius 3 is 2.30 bits per heavy atom. The second kappa shape index (κ2) is 7.49. The first-order valence-corrected chi connectivity index (χ1v) is 7.68. The summed E-state index contributed by atoms with van der Waals surface area (Å²) in [4.78, 5) is 23.4. The van der Waals surface area contributed by atoms with E-state index < -0.39 is 29.6 Å². The van der Waals surface area contributed by atoms with Crippen LogP contribution in [0.15, 0.2) is 42.5 Å². The zero-order valence-electron chi connectivity index (χ0n) is 11.7. The van der Waals surface area contributed by atoms with Gasteiger partial charge >= 0.3 is 5.97 Å². The van der Waals surface area contributed by atoms with Crippen LogP contribution in [0.25, 0.3) is 0 Å². The van der Waals surface area contributed by atoms with Crippen molar-refractivity contribution in [2.45, 2.75) is 12.5 Å². The Morgan fingerprint density at radius 1 is 1.13 bits per heavy atom. The SMILES string of the molecule is O=C(N[C@H](Cc1ccccc1I)C(=O)O)c1cc(F)cc(F)c1. The van der Waals surface area contributed by atoms with Crippen LogP contribution < -0.4 is 5.32 Å². The standard InChI is InChI=1S/C16H12F2INO3/c17-11-5-10(6-12(18)8-11)15(21)20-14(16(22)23)7-9-3-1-2-4-13(9)19/h1-6,8,14H,7H2,(H,20,21)(H,22,23)/t14-/m1/s1. The predicted molar refractivity (Wildman–Crippen MR) is 88.1 cm³/mol. The van der Waals surface area contributed by atoms with E-state index in [1.54, 1.807) is 12.1 Å². The van der Waals surface area contributed by atoms with Crippen molar-refractivity contribution in [3.63, 3.8) is 0 Å². The molecule has 0 aliphatic rings. The van der Waals surface area contributed by atoms with Gasteiger partial charge in [-0.05, 0) is 46.4 Å². The molecule has 0 unspecified atom stereocenters. The third-order valence-corrected chi connectivity index (χ3v) is 4.16. The summed E-state index contributed by atoms with van der Waals surface area (Å²) in [6.45, 7) is 0. The number of amides is 1. The van der Waals surface area contributed by atoms with E-state index >= 15 is 0 Å². The summed E-state index contributed by atoms with van der Waals surface area (Å²) < 4.78 is 27.2. The number of hydrogen-bond donors (Lipinski definition) is 2. The Kier molecular flexibility index (Phi) is 5.64. The van der Waals surface area contributed by atoms with Crippen LogP contribution in [0.4, 0.5) is 8.78 Å². The first-order chi connectivity index (χ1) is 10.9. The highest BCUT2D eigenvalue weighted by molar-refractivity contribution is 14.1. The van der Waals surface area contributed by atoms with E-state index in [9.17, 15) is 23.5 Å². The van der Waals surface area contributed by atoms with Crippen LogP contribution in [0.2, 0.25) is 0 Å². The van der Waals surface area contributed by atoms with Crippen molar-refractivity contribution in [3.05, 3.63) is 68.8 Å². The van der Waals surface area contributed by atoms with Gasteiger partial charge in [-0.1, -0.05) is 18.2 Å². The number of carbonyl (C=O) groups excluding carboxylic acids is 1. The maximum absolute atomic E-state index is 13.1. The Hall–Kier alpha value is -2.03. The van der Waals surface area contributed by atoms with Crippen LogP contribution in [0, 0.1) is 15.2 Å². The van der Waals surface area contributed by atoms with Crippen LogP contribution in [0.5, 0.6) is 0 Å². The minimum Gasteiger partial charge on any atom is -0.480 e. The van der Waals surface area contributed by atoms with Crippen LogP contribution >= 0.6 is 22.6 Å². The molecule has 2 rings (SSSR count). The fraction of sp³-hybridized carbons (Fsp3) is 0.125. The molecule has 0 radical (unpaired) electrons. The van der Waals surface area contributed by atoms with E-state index in [0.717, 1.165) is 21.3 Å². The van der Waals surface area contributed by atoms with Crippen molar-refractivity contribution in [1.82, 2.24) is 5.32 Å². The fourth-order valence-corrected chi connectivity index (χ4v) is 2.62. The molecule has 7 heteroatoms. The summed E-state index contributed by atoms with van der Waals surface area (Å²) in [5.41, 5.74) is 0.489. The minimum atomic E-state index is -1.23. The molecule has 0 saturated heterocycles. The number of halogens is 3. The second-order valence-electron chi connectivity index (χ2n) is 4.82. The summed E-state index contributed by atoms with van der Waals surface area (Å²) in [5, 5.41) is 11.6. The Labute approximate surface area is 144 Å². The number of carboxylic acids is 1. The van der Waals surface area contributed by atoms with Gasteiger partial charge < -0.3 is 10.4 Å². The molecular formula is C16H12F2INO3. The number of carbonyl (C=O) groups is 2. The first-order valence-electron chi connectivity index (χ1n) is 6.60. The van der Waals surface area contributed by atoms with Crippen LogP contribution in [-0.4, -0.2) is 23.0 Å². The largest absolute Gasteiger partial charge is 0.480 e. The van der Waals surface area contributed by atoms with E-state index in [1.165, 1.54) is 0 Å². The lowest BCUT2D eigenvalue weighted by Crippen LogP contribution is -2.42. The molecule has 1 atom stereocenters. The highest BCUT2D eigenvalue weighted by Gasteiger charge is 2.22. The molecule has 0 saturated carbocycles. The summed E-state index contributed by atoms with van der Waals surface area (Å²) >= 11 is 2.07. The molecule has 2 aromatic rings. The predicted octanol–water partition coefficient (Wildman–Crippen LogP) is 3.00. The number of hydrogen-bond acceptors (Lipinski definition) is 2. The lowest BCUT2D eigenvalue weighted by atomic mass is 10.1. The maximum atomic E-state index is 13.1. The first kappa shape index (κ1) is 17.3. The monoisotopic (exact) mass is 431 g/mol. The minimum absolute atomic E-state index is 0.0674. The highest BCUT2D eigenvalue weighted by atomic mass is 127. The van der Waals surface area contributed by atoms with Crippen LogP contribution in [0.1, 0.15) is 15.9 Å². The van der Waals surface area contributed by atoms with Gasteiger partial charge in [0.1, 0.15) is 17.7 Å². The molecule has 2 aromatic carbocycles. The van der Waals surface area contributed by atoms with E-state index in [-0.39, 0.29) is 12.0 Å². The molecule has 0 bridgehead atoms. The summed E-state index contributed by atoms with van der Waals surface area (Å²) in [6, 6.07) is 8.29. The number of nitrogens with one attached hydrogen (secondary N) is 1. The van der Waals surface area contributed by atoms with Crippen molar-refractivity contribution in [1.29, 1.82) is 0 Å². The molecule has 1 amide bonds. The average molecular weight is 431 g/mol. The van der Waals surface area contributed by atoms with Gasteiger partial charge in [0.05, 0.1) is 0 Å². The molecule has 120 valence electrons. The second-order valence-corrected chi connectivity index (χ2v) is 5.98. The quantitative estimate of drug-likeness (QED) is 0.716. The maximum Gasteiger partial charge on any atom is 0.326 e. The van der Waals surface area contributed by atoms with Gasteiger partial charge in [-0.15, -0.1) is 0 Å². The molecule has 0 fully saturated rings. The smallest absolute Gasteiger partial charge is 0.326 e. The van der Waals surface area contributed by atoms with Gasteiger partial charge in [0.2, 0.25) is 0 Å². The van der Waals surface area contributed by atoms with Gasteiger partial charge in [-0.3, -0.25) is 4.79 Å². The van der Waals surface area contributed by atoms with Crippen molar-refractivity contribution >= 4 is 34.5 Å². The zero-order chi connectivity index (χ0) is 17.0. The molecular weight excluding hydrogens is 419 g/mol. The number of benzene rings is 2. The third-order valence-electron chi connectivity index (χ3n) is 3.11. The van der Waals surface area contributed by atoms with Gasteiger partial charge in [0, 0.05) is 21.6 Å². The van der Waals surface area contributed by atoms with E-state index in [4.69, 9.17) is 0 Å². The fourth-order valence-electron chi connectivity index (χ4n) is 2.01. The topological polar surface area (TPSA) is 66.4 Å². The summed E-state index contributed by atoms with van der Waals surface area (Å²) in [6.07, 6.45) is 0.0674. The molecule has 23 heavy (non-hydrogen) atoms. The van der Waals surface area contributed by atoms with E-state index in [2.05, 4.69) is 27.9 Å². The van der Waals surface area contributed by atoms with Gasteiger partial charge in [0.15, 0.2) is 0 Å². The van der Waals surface area contributed by atoms with Crippen molar-refractivity contribution in [2.24, 2.45) is 0 Å². The number of aliphatic carboxylic acids is 1. The van der Waals surface area contributed by atoms with Crippen molar-refractivity contribution in [2.75, 3.05) is 0 Å². The summed E-state index contributed by atoms with van der Waals surface area (Å²) in [5.74, 6) is -3.88. The van der Waals surface area contributed by atoms with Crippen molar-refractivity contribution < 1.29 is 23.5 Å². The van der Waals surface area contributed by atoms with Crippen LogP contribution in [0.3, 0.4) is 0 Å². The van der Waals surface area contributed by atoms with Gasteiger partial charge in [0.25, 0.3) is 5.91 Å². The Bertz CT molecular complexity index is 732. The molecule has 4 nitrogen and oxygen atoms in total. The van der Waals surface area contributed by atoms with Gasteiger partial charge in [-0.25, -0.2) is 13.6 Å².